The third kappa shape index (κ3) is 3.01. The molecule has 0 saturated carbocycles. The maximum atomic E-state index is 13.1. The third-order valence-electron chi connectivity index (χ3n) is 2.43. The molecule has 2 N–H and O–H groups in total. The first-order valence-electron chi connectivity index (χ1n) is 5.51. The smallest absolute Gasteiger partial charge is 0.341 e. The highest BCUT2D eigenvalue weighted by atomic mass is 19.1. The lowest BCUT2D eigenvalue weighted by Crippen LogP contribution is -2.04. The molecule has 19 heavy (non-hydrogen) atoms. The van der Waals surface area contributed by atoms with Gasteiger partial charge in [-0.15, -0.1) is 0 Å². The molecule has 0 aliphatic heterocycles. The first-order chi connectivity index (χ1) is 9.10. The summed E-state index contributed by atoms with van der Waals surface area (Å²) in [7, 11) is 1.26. The number of hydrogen-bond acceptors (Lipinski definition) is 4. The van der Waals surface area contributed by atoms with Gasteiger partial charge in [-0.3, -0.25) is 0 Å². The Kier molecular flexibility index (Phi) is 3.66. The van der Waals surface area contributed by atoms with Gasteiger partial charge in [0.25, 0.3) is 0 Å². The van der Waals surface area contributed by atoms with Crippen LogP contribution in [-0.4, -0.2) is 13.1 Å². The summed E-state index contributed by atoms with van der Waals surface area (Å²) in [5.74, 6) is -0.451. The summed E-state index contributed by atoms with van der Waals surface area (Å²) >= 11 is 0. The van der Waals surface area contributed by atoms with Crippen LogP contribution in [0.15, 0.2) is 42.5 Å². The van der Waals surface area contributed by atoms with Crippen molar-refractivity contribution in [3.8, 4) is 11.5 Å². The Morgan fingerprint density at radius 1 is 1.21 bits per heavy atom. The second-order valence-corrected chi connectivity index (χ2v) is 3.81. The number of carbonyl (C=O) groups is 1. The van der Waals surface area contributed by atoms with Crippen LogP contribution in [0, 0.1) is 5.82 Å². The van der Waals surface area contributed by atoms with Crippen LogP contribution in [0.25, 0.3) is 0 Å². The van der Waals surface area contributed by atoms with Gasteiger partial charge < -0.3 is 15.2 Å². The van der Waals surface area contributed by atoms with Gasteiger partial charge in [-0.1, -0.05) is 6.07 Å². The number of ether oxygens (including phenoxy) is 2. The molecule has 0 bridgehead atoms. The summed E-state index contributed by atoms with van der Waals surface area (Å²) in [5.41, 5.74) is 6.21. The number of carbonyl (C=O) groups excluding carboxylic acids is 1. The number of esters is 1. The van der Waals surface area contributed by atoms with Crippen LogP contribution in [0.3, 0.4) is 0 Å². The summed E-state index contributed by atoms with van der Waals surface area (Å²) in [4.78, 5) is 11.6. The Hall–Kier alpha value is -2.56. The molecule has 0 atom stereocenters. The van der Waals surface area contributed by atoms with Gasteiger partial charge in [0.15, 0.2) is 0 Å². The van der Waals surface area contributed by atoms with Gasteiger partial charge >= 0.3 is 5.97 Å². The van der Waals surface area contributed by atoms with E-state index in [1.165, 1.54) is 37.4 Å². The molecule has 2 aromatic carbocycles. The van der Waals surface area contributed by atoms with Crippen LogP contribution in [-0.2, 0) is 4.74 Å². The third-order valence-corrected chi connectivity index (χ3v) is 2.43. The van der Waals surface area contributed by atoms with E-state index in [-0.39, 0.29) is 17.1 Å². The molecule has 0 aliphatic rings. The van der Waals surface area contributed by atoms with Crippen LogP contribution in [0.5, 0.6) is 11.5 Å². The molecule has 2 rings (SSSR count). The molecule has 5 heteroatoms. The van der Waals surface area contributed by atoms with Crippen LogP contribution < -0.4 is 10.5 Å². The zero-order chi connectivity index (χ0) is 13.8. The number of benzene rings is 2. The van der Waals surface area contributed by atoms with E-state index in [0.717, 1.165) is 0 Å². The number of anilines is 1. The molecule has 0 saturated heterocycles. The van der Waals surface area contributed by atoms with E-state index < -0.39 is 11.8 Å². The number of methoxy groups -OCH3 is 1. The minimum absolute atomic E-state index is 0.187. The van der Waals surface area contributed by atoms with Gasteiger partial charge in [0, 0.05) is 11.8 Å². The Balaban J connectivity index is 2.37. The van der Waals surface area contributed by atoms with E-state index in [4.69, 9.17) is 10.5 Å². The highest BCUT2D eigenvalue weighted by Gasteiger charge is 2.14. The molecule has 0 fully saturated rings. The summed E-state index contributed by atoms with van der Waals surface area (Å²) in [6.07, 6.45) is 0. The molecule has 0 amide bonds. The Labute approximate surface area is 109 Å². The van der Waals surface area contributed by atoms with Crippen molar-refractivity contribution in [2.45, 2.75) is 0 Å². The number of halogens is 1. The molecule has 2 aromatic rings. The van der Waals surface area contributed by atoms with Crippen molar-refractivity contribution in [3.05, 3.63) is 53.8 Å². The summed E-state index contributed by atoms with van der Waals surface area (Å²) in [6, 6.07) is 10.2. The fourth-order valence-electron chi connectivity index (χ4n) is 1.56. The van der Waals surface area contributed by atoms with Crippen molar-refractivity contribution in [1.29, 1.82) is 0 Å². The lowest BCUT2D eigenvalue weighted by molar-refractivity contribution is 0.0598. The highest BCUT2D eigenvalue weighted by molar-refractivity contribution is 5.93. The van der Waals surface area contributed by atoms with Crippen molar-refractivity contribution in [1.82, 2.24) is 0 Å². The predicted molar refractivity (Wildman–Crippen MR) is 68.7 cm³/mol. The first-order valence-corrected chi connectivity index (χ1v) is 5.51. The van der Waals surface area contributed by atoms with Crippen LogP contribution in [0.1, 0.15) is 10.4 Å². The largest absolute Gasteiger partial charge is 0.465 e. The quantitative estimate of drug-likeness (QED) is 0.681. The number of rotatable bonds is 3. The van der Waals surface area contributed by atoms with Gasteiger partial charge in [0.05, 0.1) is 7.11 Å². The van der Waals surface area contributed by atoms with E-state index in [0.29, 0.717) is 5.69 Å². The molecular formula is C14H12FNO3. The first kappa shape index (κ1) is 12.9. The Bertz CT molecular complexity index is 613. The number of hydrogen-bond donors (Lipinski definition) is 1. The number of nitrogens with two attached hydrogens (primary N) is 1. The lowest BCUT2D eigenvalue weighted by Gasteiger charge is -2.10. The number of nitrogen functional groups attached to an aromatic ring is 1. The summed E-state index contributed by atoms with van der Waals surface area (Å²) in [6.45, 7) is 0. The van der Waals surface area contributed by atoms with Gasteiger partial charge in [-0.05, 0) is 30.3 Å². The summed E-state index contributed by atoms with van der Waals surface area (Å²) < 4.78 is 23.2. The molecule has 0 heterocycles. The minimum atomic E-state index is -0.571. The van der Waals surface area contributed by atoms with Crippen molar-refractivity contribution in [3.63, 3.8) is 0 Å². The van der Waals surface area contributed by atoms with Gasteiger partial charge in [-0.2, -0.15) is 0 Å². The Morgan fingerprint density at radius 2 is 2.00 bits per heavy atom. The van der Waals surface area contributed by atoms with Crippen LogP contribution in [0.2, 0.25) is 0 Å². The van der Waals surface area contributed by atoms with Crippen molar-refractivity contribution in [2.75, 3.05) is 12.8 Å². The van der Waals surface area contributed by atoms with Crippen LogP contribution >= 0.6 is 0 Å². The predicted octanol–water partition coefficient (Wildman–Crippen LogP) is 2.99. The zero-order valence-electron chi connectivity index (χ0n) is 10.2. The highest BCUT2D eigenvalue weighted by Crippen LogP contribution is 2.28. The van der Waals surface area contributed by atoms with Gasteiger partial charge in [-0.25, -0.2) is 9.18 Å². The van der Waals surface area contributed by atoms with E-state index in [2.05, 4.69) is 4.74 Å². The topological polar surface area (TPSA) is 61.5 Å². The van der Waals surface area contributed by atoms with E-state index in [1.54, 1.807) is 12.1 Å². The molecule has 4 nitrogen and oxygen atoms in total. The minimum Gasteiger partial charge on any atom is -0.465 e. The van der Waals surface area contributed by atoms with Crippen LogP contribution in [0.4, 0.5) is 10.1 Å². The normalized spacial score (nSPS) is 10.0. The molecule has 0 aliphatic carbocycles. The Morgan fingerprint density at radius 3 is 2.68 bits per heavy atom. The van der Waals surface area contributed by atoms with Gasteiger partial charge in [0.1, 0.15) is 22.9 Å². The zero-order valence-corrected chi connectivity index (χ0v) is 10.2. The fourth-order valence-corrected chi connectivity index (χ4v) is 1.56. The standard InChI is InChI=1S/C14H12FNO3/c1-18-14(17)12-8-10(16)5-6-13(12)19-11-4-2-3-9(15)7-11/h2-8H,16H2,1H3. The van der Waals surface area contributed by atoms with E-state index in [1.807, 2.05) is 0 Å². The average Bonchev–Trinajstić information content (AvgIpc) is 2.40. The maximum Gasteiger partial charge on any atom is 0.341 e. The SMILES string of the molecule is COC(=O)c1cc(N)ccc1Oc1cccc(F)c1. The maximum absolute atomic E-state index is 13.1. The molecule has 0 radical (unpaired) electrons. The molecule has 0 aromatic heterocycles. The van der Waals surface area contributed by atoms with Crippen molar-refractivity contribution in [2.24, 2.45) is 0 Å². The average molecular weight is 261 g/mol. The molecule has 0 unspecified atom stereocenters. The molecule has 98 valence electrons. The fraction of sp³-hybridized carbons (Fsp3) is 0.0714. The molecule has 0 spiro atoms. The monoisotopic (exact) mass is 261 g/mol. The van der Waals surface area contributed by atoms with Crippen molar-refractivity contribution < 1.29 is 18.7 Å². The lowest BCUT2D eigenvalue weighted by atomic mass is 10.2. The second kappa shape index (κ2) is 5.39. The van der Waals surface area contributed by atoms with Gasteiger partial charge in [0.2, 0.25) is 0 Å². The second-order valence-electron chi connectivity index (χ2n) is 3.81. The van der Waals surface area contributed by atoms with Crippen molar-refractivity contribution >= 4 is 11.7 Å². The van der Waals surface area contributed by atoms with E-state index in [9.17, 15) is 9.18 Å². The summed E-state index contributed by atoms with van der Waals surface area (Å²) in [5, 5.41) is 0. The van der Waals surface area contributed by atoms with E-state index >= 15 is 0 Å². The molecular weight excluding hydrogens is 249 g/mol.